The summed E-state index contributed by atoms with van der Waals surface area (Å²) in [6.07, 6.45) is 0.986. The van der Waals surface area contributed by atoms with Crippen LogP contribution in [0.15, 0.2) is 24.3 Å². The highest BCUT2D eigenvalue weighted by Crippen LogP contribution is 2.15. The van der Waals surface area contributed by atoms with Crippen molar-refractivity contribution >= 4 is 16.0 Å². The monoisotopic (exact) mass is 372 g/mol. The van der Waals surface area contributed by atoms with E-state index >= 15 is 0 Å². The zero-order valence-corrected chi connectivity index (χ0v) is 14.3. The van der Waals surface area contributed by atoms with Crippen LogP contribution in [0.5, 0.6) is 5.75 Å². The maximum atomic E-state index is 12.9. The predicted molar refractivity (Wildman–Crippen MR) is 84.8 cm³/mol. The van der Waals surface area contributed by atoms with E-state index in [2.05, 4.69) is 14.8 Å². The van der Waals surface area contributed by atoms with E-state index in [4.69, 9.17) is 9.84 Å². The maximum Gasteiger partial charge on any atom is 0.325 e. The van der Waals surface area contributed by atoms with Gasteiger partial charge in [0.05, 0.1) is 12.3 Å². The fraction of sp³-hybridized carbons (Fsp3) is 0.357. The van der Waals surface area contributed by atoms with Crippen molar-refractivity contribution in [3.8, 4) is 5.75 Å². The van der Waals surface area contributed by atoms with Gasteiger partial charge in [0.1, 0.15) is 30.5 Å². The first-order chi connectivity index (χ1) is 11.6. The molecule has 9 nitrogen and oxygen atoms in total. The Morgan fingerprint density at radius 2 is 2.04 bits per heavy atom. The van der Waals surface area contributed by atoms with E-state index in [-0.39, 0.29) is 18.3 Å². The predicted octanol–water partition coefficient (Wildman–Crippen LogP) is 0.691. The van der Waals surface area contributed by atoms with Gasteiger partial charge in [-0.05, 0) is 31.2 Å². The van der Waals surface area contributed by atoms with Gasteiger partial charge in [0, 0.05) is 0 Å². The highest BCUT2D eigenvalue weighted by Gasteiger charge is 2.21. The summed E-state index contributed by atoms with van der Waals surface area (Å²) in [5.74, 6) is -0.851. The van der Waals surface area contributed by atoms with Crippen molar-refractivity contribution in [1.82, 2.24) is 19.5 Å². The molecular weight excluding hydrogens is 355 g/mol. The molecule has 0 fully saturated rings. The molecule has 1 heterocycles. The Bertz CT molecular complexity index is 851. The quantitative estimate of drug-likeness (QED) is 0.699. The highest BCUT2D eigenvalue weighted by molar-refractivity contribution is 7.88. The number of nitrogens with one attached hydrogen (secondary N) is 1. The molecule has 0 spiro atoms. The number of ether oxygens (including phenoxy) is 1. The number of benzene rings is 1. The third-order valence-corrected chi connectivity index (χ3v) is 3.77. The van der Waals surface area contributed by atoms with Crippen molar-refractivity contribution in [2.24, 2.45) is 0 Å². The maximum absolute atomic E-state index is 12.9. The van der Waals surface area contributed by atoms with Crippen LogP contribution < -0.4 is 9.46 Å². The minimum absolute atomic E-state index is 0.0865. The lowest BCUT2D eigenvalue weighted by Crippen LogP contribution is -2.28. The smallest absolute Gasteiger partial charge is 0.325 e. The molecule has 1 aromatic heterocycles. The fourth-order valence-corrected chi connectivity index (χ4v) is 2.83. The van der Waals surface area contributed by atoms with Crippen LogP contribution in [-0.2, 0) is 28.0 Å². The van der Waals surface area contributed by atoms with Gasteiger partial charge in [-0.2, -0.15) is 5.10 Å². The van der Waals surface area contributed by atoms with E-state index < -0.39 is 34.4 Å². The average molecular weight is 372 g/mol. The van der Waals surface area contributed by atoms with Gasteiger partial charge in [0.15, 0.2) is 5.82 Å². The number of aromatic nitrogens is 3. The zero-order chi connectivity index (χ0) is 18.6. The summed E-state index contributed by atoms with van der Waals surface area (Å²) < 4.78 is 44.4. The van der Waals surface area contributed by atoms with Gasteiger partial charge in [-0.3, -0.25) is 4.79 Å². The van der Waals surface area contributed by atoms with Crippen LogP contribution in [0.25, 0.3) is 0 Å². The molecule has 0 bridgehead atoms. The van der Waals surface area contributed by atoms with Crippen molar-refractivity contribution in [2.45, 2.75) is 26.1 Å². The van der Waals surface area contributed by atoms with Crippen molar-refractivity contribution in [3.63, 3.8) is 0 Å². The number of hydrogen-bond donors (Lipinski definition) is 2. The van der Waals surface area contributed by atoms with Gasteiger partial charge in [-0.25, -0.2) is 27.2 Å². The summed E-state index contributed by atoms with van der Waals surface area (Å²) in [6, 6.07) is 4.54. The summed E-state index contributed by atoms with van der Waals surface area (Å²) in [7, 11) is -3.51. The molecule has 2 aromatic rings. The van der Waals surface area contributed by atoms with Crippen LogP contribution in [0.1, 0.15) is 24.6 Å². The Balaban J connectivity index is 2.18. The number of sulfonamides is 1. The van der Waals surface area contributed by atoms with Gasteiger partial charge in [-0.15, -0.1) is 0 Å². The van der Waals surface area contributed by atoms with Crippen LogP contribution in [-0.4, -0.2) is 40.5 Å². The van der Waals surface area contributed by atoms with E-state index in [1.807, 2.05) is 0 Å². The van der Waals surface area contributed by atoms with E-state index in [0.717, 1.165) is 10.9 Å². The van der Waals surface area contributed by atoms with Gasteiger partial charge in [0.25, 0.3) is 0 Å². The SMILES string of the molecule is C[C@H](NS(C)(=O)=O)c1nc(COc2ccc(F)cc2)nn1CC(=O)O. The second-order valence-electron chi connectivity index (χ2n) is 5.29. The first-order valence-electron chi connectivity index (χ1n) is 7.15. The van der Waals surface area contributed by atoms with Gasteiger partial charge in [0.2, 0.25) is 10.0 Å². The third kappa shape index (κ3) is 5.80. The van der Waals surface area contributed by atoms with Crippen LogP contribution in [0, 0.1) is 5.82 Å². The summed E-state index contributed by atoms with van der Waals surface area (Å²) >= 11 is 0. The molecule has 25 heavy (non-hydrogen) atoms. The number of nitrogens with zero attached hydrogens (tertiary/aromatic N) is 3. The van der Waals surface area contributed by atoms with Crippen LogP contribution in [0.2, 0.25) is 0 Å². The number of halogens is 1. The molecule has 0 radical (unpaired) electrons. The number of carboxylic acids is 1. The molecule has 0 unspecified atom stereocenters. The van der Waals surface area contributed by atoms with Gasteiger partial charge < -0.3 is 9.84 Å². The van der Waals surface area contributed by atoms with E-state index in [9.17, 15) is 17.6 Å². The van der Waals surface area contributed by atoms with Crippen molar-refractivity contribution in [1.29, 1.82) is 0 Å². The second-order valence-corrected chi connectivity index (χ2v) is 7.07. The third-order valence-electron chi connectivity index (χ3n) is 2.99. The number of hydrogen-bond acceptors (Lipinski definition) is 6. The molecular formula is C14H17FN4O5S. The number of rotatable bonds is 8. The lowest BCUT2D eigenvalue weighted by molar-refractivity contribution is -0.137. The molecule has 0 saturated heterocycles. The Labute approximate surface area is 143 Å². The van der Waals surface area contributed by atoms with E-state index in [1.54, 1.807) is 0 Å². The molecule has 136 valence electrons. The molecule has 2 rings (SSSR count). The van der Waals surface area contributed by atoms with Crippen LogP contribution in [0.4, 0.5) is 4.39 Å². The largest absolute Gasteiger partial charge is 0.486 e. The van der Waals surface area contributed by atoms with Crippen molar-refractivity contribution < 1.29 is 27.4 Å². The summed E-state index contributed by atoms with van der Waals surface area (Å²) in [5.41, 5.74) is 0. The molecule has 2 N–H and O–H groups in total. The summed E-state index contributed by atoms with van der Waals surface area (Å²) in [5, 5.41) is 13.0. The Morgan fingerprint density at radius 3 is 2.60 bits per heavy atom. The fourth-order valence-electron chi connectivity index (χ4n) is 2.08. The van der Waals surface area contributed by atoms with Crippen LogP contribution in [0.3, 0.4) is 0 Å². The molecule has 0 aliphatic heterocycles. The molecule has 11 heteroatoms. The highest BCUT2D eigenvalue weighted by atomic mass is 32.2. The Hall–Kier alpha value is -2.53. The topological polar surface area (TPSA) is 123 Å². The number of carboxylic acid groups (broad SMARTS) is 1. The number of aliphatic carboxylic acids is 1. The molecule has 0 aliphatic rings. The Kier molecular flexibility index (Phi) is 5.69. The van der Waals surface area contributed by atoms with Crippen LogP contribution >= 0.6 is 0 Å². The zero-order valence-electron chi connectivity index (χ0n) is 13.5. The second kappa shape index (κ2) is 7.57. The number of carbonyl (C=O) groups is 1. The molecule has 0 saturated carbocycles. The van der Waals surface area contributed by atoms with E-state index in [1.165, 1.54) is 31.2 Å². The first-order valence-corrected chi connectivity index (χ1v) is 9.04. The van der Waals surface area contributed by atoms with Crippen molar-refractivity contribution in [2.75, 3.05) is 6.26 Å². The van der Waals surface area contributed by atoms with E-state index in [0.29, 0.717) is 5.75 Å². The minimum Gasteiger partial charge on any atom is -0.486 e. The molecule has 1 aromatic carbocycles. The normalized spacial score (nSPS) is 12.8. The summed E-state index contributed by atoms with van der Waals surface area (Å²) in [4.78, 5) is 15.1. The van der Waals surface area contributed by atoms with Crippen molar-refractivity contribution in [3.05, 3.63) is 41.7 Å². The van der Waals surface area contributed by atoms with Gasteiger partial charge >= 0.3 is 5.97 Å². The Morgan fingerprint density at radius 1 is 1.40 bits per heavy atom. The average Bonchev–Trinajstić information content (AvgIpc) is 2.87. The molecule has 1 atom stereocenters. The lowest BCUT2D eigenvalue weighted by atomic mass is 10.3. The summed E-state index contributed by atoms with van der Waals surface area (Å²) in [6.45, 7) is 0.958. The molecule has 0 aliphatic carbocycles. The lowest BCUT2D eigenvalue weighted by Gasteiger charge is -2.11. The standard InChI is InChI=1S/C14H17FN4O5S/c1-9(18-25(2,22)23)14-16-12(17-19(14)7-13(20)21)8-24-11-5-3-10(15)4-6-11/h3-6,9,18H,7-8H2,1-2H3,(H,20,21)/t9-/m0/s1. The first kappa shape index (κ1) is 18.8. The van der Waals surface area contributed by atoms with Gasteiger partial charge in [-0.1, -0.05) is 0 Å². The minimum atomic E-state index is -3.51. The molecule has 0 amide bonds.